The van der Waals surface area contributed by atoms with Gasteiger partial charge in [0.1, 0.15) is 17.6 Å². The second-order valence-corrected chi connectivity index (χ2v) is 6.57. The molecule has 1 amide bonds. The summed E-state index contributed by atoms with van der Waals surface area (Å²) >= 11 is 0. The van der Waals surface area contributed by atoms with E-state index in [4.69, 9.17) is 13.9 Å². The zero-order chi connectivity index (χ0) is 17.2. The van der Waals surface area contributed by atoms with Crippen LogP contribution in [0.15, 0.2) is 29.1 Å². The fraction of sp³-hybridized carbons (Fsp3) is 0.500. The number of rotatable bonds is 5. The monoisotopic (exact) mass is 343 g/mol. The second-order valence-electron chi connectivity index (χ2n) is 6.57. The van der Waals surface area contributed by atoms with Crippen molar-refractivity contribution in [2.24, 2.45) is 0 Å². The maximum absolute atomic E-state index is 12.6. The van der Waals surface area contributed by atoms with Gasteiger partial charge < -0.3 is 19.2 Å². The molecule has 0 radical (unpaired) electrons. The topological polar surface area (TPSA) is 86.5 Å². The van der Waals surface area contributed by atoms with Gasteiger partial charge in [0.25, 0.3) is 5.91 Å². The van der Waals surface area contributed by atoms with Crippen molar-refractivity contribution < 1.29 is 18.7 Å². The predicted molar refractivity (Wildman–Crippen MR) is 88.6 cm³/mol. The largest absolute Gasteiger partial charge is 0.486 e. The van der Waals surface area contributed by atoms with Crippen LogP contribution in [0.3, 0.4) is 0 Å². The summed E-state index contributed by atoms with van der Waals surface area (Å²) in [6, 6.07) is 3.55. The number of hydrogen-bond donors (Lipinski definition) is 1. The van der Waals surface area contributed by atoms with Crippen LogP contribution in [0, 0.1) is 6.92 Å². The SMILES string of the molecule is Cc1ccc(O[C@H]2CCOC[C@H]2NC(=O)c2ncoc2C2CC2)cn1. The lowest BCUT2D eigenvalue weighted by Crippen LogP contribution is -2.52. The van der Waals surface area contributed by atoms with E-state index in [2.05, 4.69) is 15.3 Å². The van der Waals surface area contributed by atoms with Crippen LogP contribution in [0.2, 0.25) is 0 Å². The molecule has 0 aromatic carbocycles. The molecule has 1 aliphatic heterocycles. The Morgan fingerprint density at radius 3 is 2.92 bits per heavy atom. The Bertz CT molecular complexity index is 739. The van der Waals surface area contributed by atoms with Crippen LogP contribution >= 0.6 is 0 Å². The molecular weight excluding hydrogens is 322 g/mol. The van der Waals surface area contributed by atoms with Crippen LogP contribution in [-0.2, 0) is 4.74 Å². The molecule has 25 heavy (non-hydrogen) atoms. The van der Waals surface area contributed by atoms with Crippen molar-refractivity contribution in [2.75, 3.05) is 13.2 Å². The molecule has 2 fully saturated rings. The Kier molecular flexibility index (Phi) is 4.40. The number of nitrogens with zero attached hydrogens (tertiary/aromatic N) is 2. The molecule has 0 bridgehead atoms. The molecule has 7 heteroatoms. The van der Waals surface area contributed by atoms with Gasteiger partial charge in [0.15, 0.2) is 12.1 Å². The van der Waals surface area contributed by atoms with E-state index in [1.807, 2.05) is 19.1 Å². The van der Waals surface area contributed by atoms with Crippen LogP contribution < -0.4 is 10.1 Å². The summed E-state index contributed by atoms with van der Waals surface area (Å²) in [6.45, 7) is 2.94. The lowest BCUT2D eigenvalue weighted by molar-refractivity contribution is -0.00309. The minimum Gasteiger partial charge on any atom is -0.486 e. The number of oxazole rings is 1. The maximum atomic E-state index is 12.6. The van der Waals surface area contributed by atoms with E-state index < -0.39 is 0 Å². The van der Waals surface area contributed by atoms with Gasteiger partial charge in [0.05, 0.1) is 25.5 Å². The minimum atomic E-state index is -0.244. The zero-order valence-electron chi connectivity index (χ0n) is 14.1. The van der Waals surface area contributed by atoms with Crippen molar-refractivity contribution in [3.05, 3.63) is 41.9 Å². The lowest BCUT2D eigenvalue weighted by Gasteiger charge is -2.32. The fourth-order valence-electron chi connectivity index (χ4n) is 2.99. The van der Waals surface area contributed by atoms with Gasteiger partial charge in [-0.15, -0.1) is 0 Å². The first-order chi connectivity index (χ1) is 12.2. The summed E-state index contributed by atoms with van der Waals surface area (Å²) in [4.78, 5) is 20.9. The molecule has 2 aliphatic rings. The van der Waals surface area contributed by atoms with E-state index in [1.165, 1.54) is 6.39 Å². The standard InChI is InChI=1S/C18H21N3O4/c1-11-2-5-13(8-19-11)25-15-6-7-23-9-14(15)21-18(22)16-17(12-3-4-12)24-10-20-16/h2,5,8,10,12,14-15H,3-4,6-7,9H2,1H3,(H,21,22)/t14-,15+/m1/s1. The molecule has 132 valence electrons. The number of ether oxygens (including phenoxy) is 2. The van der Waals surface area contributed by atoms with Crippen molar-refractivity contribution in [3.63, 3.8) is 0 Å². The first-order valence-electron chi connectivity index (χ1n) is 8.62. The molecule has 1 saturated carbocycles. The molecule has 1 N–H and O–H groups in total. The Hall–Kier alpha value is -2.41. The number of aryl methyl sites for hydroxylation is 1. The molecule has 0 spiro atoms. The Labute approximate surface area is 145 Å². The molecule has 2 atom stereocenters. The van der Waals surface area contributed by atoms with Crippen molar-refractivity contribution in [3.8, 4) is 5.75 Å². The van der Waals surface area contributed by atoms with E-state index in [9.17, 15) is 4.79 Å². The highest BCUT2D eigenvalue weighted by Gasteiger charge is 2.35. The van der Waals surface area contributed by atoms with Crippen LogP contribution in [0.4, 0.5) is 0 Å². The molecule has 1 aliphatic carbocycles. The number of hydrogen-bond acceptors (Lipinski definition) is 6. The van der Waals surface area contributed by atoms with Gasteiger partial charge in [-0.2, -0.15) is 0 Å². The van der Waals surface area contributed by atoms with E-state index in [1.54, 1.807) is 6.20 Å². The third-order valence-corrected chi connectivity index (χ3v) is 4.54. The average Bonchev–Trinajstić information content (AvgIpc) is 3.35. The zero-order valence-corrected chi connectivity index (χ0v) is 14.1. The van der Waals surface area contributed by atoms with Gasteiger partial charge in [-0.1, -0.05) is 0 Å². The van der Waals surface area contributed by atoms with Crippen molar-refractivity contribution in [1.82, 2.24) is 15.3 Å². The Morgan fingerprint density at radius 1 is 1.28 bits per heavy atom. The fourth-order valence-corrected chi connectivity index (χ4v) is 2.99. The number of aromatic nitrogens is 2. The average molecular weight is 343 g/mol. The molecule has 2 aromatic heterocycles. The summed E-state index contributed by atoms with van der Waals surface area (Å²) in [5.41, 5.74) is 1.31. The highest BCUT2D eigenvalue weighted by Crippen LogP contribution is 2.41. The van der Waals surface area contributed by atoms with Crippen molar-refractivity contribution in [2.45, 2.75) is 44.2 Å². The van der Waals surface area contributed by atoms with E-state index >= 15 is 0 Å². The summed E-state index contributed by atoms with van der Waals surface area (Å²) in [5.74, 6) is 1.48. The van der Waals surface area contributed by atoms with Crippen LogP contribution in [0.5, 0.6) is 5.75 Å². The predicted octanol–water partition coefficient (Wildman–Crippen LogP) is 2.22. The maximum Gasteiger partial charge on any atom is 0.273 e. The summed E-state index contributed by atoms with van der Waals surface area (Å²) in [7, 11) is 0. The number of amides is 1. The number of carbonyl (C=O) groups excluding carboxylic acids is 1. The summed E-state index contributed by atoms with van der Waals surface area (Å²) in [5, 5.41) is 2.99. The van der Waals surface area contributed by atoms with Gasteiger partial charge in [-0.3, -0.25) is 9.78 Å². The van der Waals surface area contributed by atoms with Crippen molar-refractivity contribution in [1.29, 1.82) is 0 Å². The molecular formula is C18H21N3O4. The number of nitrogens with one attached hydrogen (secondary N) is 1. The number of carbonyl (C=O) groups is 1. The Morgan fingerprint density at radius 2 is 2.16 bits per heavy atom. The molecule has 3 heterocycles. The van der Waals surface area contributed by atoms with Crippen LogP contribution in [-0.4, -0.2) is 41.2 Å². The molecule has 2 aromatic rings. The van der Waals surface area contributed by atoms with E-state index in [-0.39, 0.29) is 18.1 Å². The van der Waals surface area contributed by atoms with Crippen LogP contribution in [0.1, 0.15) is 47.1 Å². The van der Waals surface area contributed by atoms with E-state index in [0.29, 0.717) is 42.8 Å². The molecule has 7 nitrogen and oxygen atoms in total. The highest BCUT2D eigenvalue weighted by atomic mass is 16.5. The van der Waals surface area contributed by atoms with Gasteiger partial charge in [-0.25, -0.2) is 4.98 Å². The molecule has 0 unspecified atom stereocenters. The minimum absolute atomic E-state index is 0.168. The van der Waals surface area contributed by atoms with E-state index in [0.717, 1.165) is 18.5 Å². The van der Waals surface area contributed by atoms with Crippen molar-refractivity contribution >= 4 is 5.91 Å². The third-order valence-electron chi connectivity index (χ3n) is 4.54. The highest BCUT2D eigenvalue weighted by molar-refractivity contribution is 5.93. The normalized spacial score (nSPS) is 23.2. The summed E-state index contributed by atoms with van der Waals surface area (Å²) in [6.07, 6.45) is 5.67. The second kappa shape index (κ2) is 6.84. The van der Waals surface area contributed by atoms with Gasteiger partial charge in [-0.05, 0) is 31.9 Å². The van der Waals surface area contributed by atoms with Gasteiger partial charge in [0.2, 0.25) is 0 Å². The first-order valence-corrected chi connectivity index (χ1v) is 8.62. The quantitative estimate of drug-likeness (QED) is 0.896. The van der Waals surface area contributed by atoms with Gasteiger partial charge >= 0.3 is 0 Å². The van der Waals surface area contributed by atoms with Gasteiger partial charge in [0, 0.05) is 18.0 Å². The first kappa shape index (κ1) is 16.1. The lowest BCUT2D eigenvalue weighted by atomic mass is 10.1. The Balaban J connectivity index is 1.44. The molecule has 1 saturated heterocycles. The smallest absolute Gasteiger partial charge is 0.273 e. The third kappa shape index (κ3) is 3.66. The molecule has 4 rings (SSSR count). The van der Waals surface area contributed by atoms with Crippen LogP contribution in [0.25, 0.3) is 0 Å². The summed E-state index contributed by atoms with van der Waals surface area (Å²) < 4.78 is 16.9. The number of pyridine rings is 1.